The van der Waals surface area contributed by atoms with Gasteiger partial charge >= 0.3 is 0 Å². The lowest BCUT2D eigenvalue weighted by Crippen LogP contribution is -2.01. The van der Waals surface area contributed by atoms with Crippen LogP contribution >= 0.6 is 0 Å². The number of rotatable bonds is 2. The number of aromatic nitrogens is 5. The largest absolute Gasteiger partial charge is 0.338 e. The van der Waals surface area contributed by atoms with Crippen LogP contribution in [-0.2, 0) is 0 Å². The highest BCUT2D eigenvalue weighted by Crippen LogP contribution is 2.19. The molecular formula is C12H10N6. The topological polar surface area (TPSA) is 76.5 Å². The number of nitrogens with zero attached hydrogens (tertiary/aromatic N) is 5. The molecule has 0 fully saturated rings. The van der Waals surface area contributed by atoms with Gasteiger partial charge < -0.3 is 5.32 Å². The number of nitrogens with one attached hydrogen (secondary N) is 1. The van der Waals surface area contributed by atoms with Crippen molar-refractivity contribution in [1.29, 1.82) is 0 Å². The van der Waals surface area contributed by atoms with Crippen molar-refractivity contribution in [2.45, 2.75) is 6.92 Å². The number of anilines is 2. The third-order valence-corrected chi connectivity index (χ3v) is 2.39. The van der Waals surface area contributed by atoms with Crippen molar-refractivity contribution in [3.8, 4) is 0 Å². The van der Waals surface area contributed by atoms with E-state index in [4.69, 9.17) is 0 Å². The van der Waals surface area contributed by atoms with Gasteiger partial charge in [0.1, 0.15) is 5.82 Å². The smallest absolute Gasteiger partial charge is 0.183 e. The lowest BCUT2D eigenvalue weighted by atomic mass is 10.4. The van der Waals surface area contributed by atoms with Crippen LogP contribution in [0.25, 0.3) is 11.2 Å². The first-order valence-corrected chi connectivity index (χ1v) is 5.45. The molecule has 0 aromatic carbocycles. The van der Waals surface area contributed by atoms with Crippen LogP contribution in [-0.4, -0.2) is 24.9 Å². The summed E-state index contributed by atoms with van der Waals surface area (Å²) < 4.78 is 0. The molecule has 3 aromatic heterocycles. The van der Waals surface area contributed by atoms with Crippen LogP contribution in [0.2, 0.25) is 0 Å². The summed E-state index contributed by atoms with van der Waals surface area (Å²) in [7, 11) is 0. The zero-order chi connectivity index (χ0) is 12.4. The van der Waals surface area contributed by atoms with Crippen LogP contribution in [0.4, 0.5) is 11.5 Å². The number of hydrogen-bond acceptors (Lipinski definition) is 6. The highest BCUT2D eigenvalue weighted by atomic mass is 15.1. The summed E-state index contributed by atoms with van der Waals surface area (Å²) in [6.07, 6.45) is 6.66. The molecule has 18 heavy (non-hydrogen) atoms. The van der Waals surface area contributed by atoms with Crippen molar-refractivity contribution in [2.24, 2.45) is 0 Å². The van der Waals surface area contributed by atoms with Crippen molar-refractivity contribution in [2.75, 3.05) is 5.32 Å². The second-order valence-corrected chi connectivity index (χ2v) is 3.71. The molecule has 3 heterocycles. The summed E-state index contributed by atoms with van der Waals surface area (Å²) in [5.74, 6) is 1.30. The SMILES string of the molecule is Cc1nc(Nc2ccncc2)c2nccnc2n1. The number of hydrogen-bond donors (Lipinski definition) is 1. The molecule has 0 radical (unpaired) electrons. The van der Waals surface area contributed by atoms with E-state index in [1.165, 1.54) is 0 Å². The van der Waals surface area contributed by atoms with E-state index in [1.54, 1.807) is 24.8 Å². The van der Waals surface area contributed by atoms with E-state index in [2.05, 4.69) is 30.2 Å². The molecule has 0 aliphatic carbocycles. The fraction of sp³-hybridized carbons (Fsp3) is 0.0833. The predicted molar refractivity (Wildman–Crippen MR) is 67.4 cm³/mol. The van der Waals surface area contributed by atoms with Gasteiger partial charge in [-0.25, -0.2) is 19.9 Å². The van der Waals surface area contributed by atoms with E-state index in [0.717, 1.165) is 5.69 Å². The molecular weight excluding hydrogens is 228 g/mol. The Labute approximate surface area is 103 Å². The molecule has 6 nitrogen and oxygen atoms in total. The predicted octanol–water partition coefficient (Wildman–Crippen LogP) is 1.87. The summed E-state index contributed by atoms with van der Waals surface area (Å²) >= 11 is 0. The molecule has 6 heteroatoms. The Hall–Kier alpha value is -2.63. The van der Waals surface area contributed by atoms with E-state index >= 15 is 0 Å². The Morgan fingerprint density at radius 2 is 1.72 bits per heavy atom. The minimum Gasteiger partial charge on any atom is -0.338 e. The van der Waals surface area contributed by atoms with Gasteiger partial charge in [-0.15, -0.1) is 0 Å². The van der Waals surface area contributed by atoms with Gasteiger partial charge in [-0.2, -0.15) is 0 Å². The first kappa shape index (κ1) is 10.5. The third-order valence-electron chi connectivity index (χ3n) is 2.39. The van der Waals surface area contributed by atoms with Crippen LogP contribution in [0.3, 0.4) is 0 Å². The maximum Gasteiger partial charge on any atom is 0.183 e. The van der Waals surface area contributed by atoms with Crippen LogP contribution < -0.4 is 5.32 Å². The first-order valence-electron chi connectivity index (χ1n) is 5.45. The van der Waals surface area contributed by atoms with Crippen LogP contribution in [0, 0.1) is 6.92 Å². The van der Waals surface area contributed by atoms with Crippen molar-refractivity contribution in [3.63, 3.8) is 0 Å². The second-order valence-electron chi connectivity index (χ2n) is 3.71. The lowest BCUT2D eigenvalue weighted by Gasteiger charge is -2.07. The molecule has 0 aliphatic rings. The fourth-order valence-electron chi connectivity index (χ4n) is 1.63. The standard InChI is InChI=1S/C12H10N6/c1-8-16-11-10(14-6-7-15-11)12(17-8)18-9-2-4-13-5-3-9/h2-7H,1H3,(H,13,15,16,17,18). The Morgan fingerprint density at radius 1 is 0.944 bits per heavy atom. The quantitative estimate of drug-likeness (QED) is 0.734. The Kier molecular flexibility index (Phi) is 2.53. The monoisotopic (exact) mass is 238 g/mol. The van der Waals surface area contributed by atoms with Crippen LogP contribution in [0.5, 0.6) is 0 Å². The molecule has 0 amide bonds. The number of pyridine rings is 1. The van der Waals surface area contributed by atoms with Gasteiger partial charge in [-0.3, -0.25) is 4.98 Å². The van der Waals surface area contributed by atoms with E-state index < -0.39 is 0 Å². The highest BCUT2D eigenvalue weighted by molar-refractivity contribution is 5.84. The Morgan fingerprint density at radius 3 is 2.56 bits per heavy atom. The van der Waals surface area contributed by atoms with E-state index in [9.17, 15) is 0 Å². The van der Waals surface area contributed by atoms with Gasteiger partial charge in [-0.1, -0.05) is 0 Å². The molecule has 3 aromatic rings. The minimum absolute atomic E-state index is 0.585. The maximum absolute atomic E-state index is 4.35. The molecule has 0 atom stereocenters. The third kappa shape index (κ3) is 1.95. The molecule has 0 saturated heterocycles. The number of fused-ring (bicyclic) bond motifs is 1. The van der Waals surface area contributed by atoms with Crippen molar-refractivity contribution >= 4 is 22.7 Å². The first-order chi connectivity index (χ1) is 8.83. The molecule has 3 rings (SSSR count). The van der Waals surface area contributed by atoms with Crippen molar-refractivity contribution in [3.05, 3.63) is 42.7 Å². The average molecular weight is 238 g/mol. The Balaban J connectivity index is 2.11. The molecule has 88 valence electrons. The van der Waals surface area contributed by atoms with Gasteiger partial charge in [0.2, 0.25) is 0 Å². The van der Waals surface area contributed by atoms with Gasteiger partial charge in [0, 0.05) is 30.5 Å². The number of aryl methyl sites for hydroxylation is 1. The molecule has 0 aliphatic heterocycles. The minimum atomic E-state index is 0.585. The van der Waals surface area contributed by atoms with Gasteiger partial charge in [0.15, 0.2) is 17.0 Å². The lowest BCUT2D eigenvalue weighted by molar-refractivity contribution is 1.06. The molecule has 0 saturated carbocycles. The second kappa shape index (κ2) is 4.33. The summed E-state index contributed by atoms with van der Waals surface area (Å²) in [5.41, 5.74) is 2.14. The van der Waals surface area contributed by atoms with Gasteiger partial charge in [0.05, 0.1) is 0 Å². The normalized spacial score (nSPS) is 10.5. The highest BCUT2D eigenvalue weighted by Gasteiger charge is 2.07. The average Bonchev–Trinajstić information content (AvgIpc) is 2.40. The van der Waals surface area contributed by atoms with E-state index in [1.807, 2.05) is 19.1 Å². The van der Waals surface area contributed by atoms with Crippen LogP contribution in [0.15, 0.2) is 36.9 Å². The Bertz CT molecular complexity index is 682. The molecule has 0 bridgehead atoms. The van der Waals surface area contributed by atoms with Crippen LogP contribution in [0.1, 0.15) is 5.82 Å². The van der Waals surface area contributed by atoms with E-state index in [-0.39, 0.29) is 0 Å². The van der Waals surface area contributed by atoms with Crippen molar-refractivity contribution in [1.82, 2.24) is 24.9 Å². The summed E-state index contributed by atoms with van der Waals surface area (Å²) in [6.45, 7) is 1.83. The summed E-state index contributed by atoms with van der Waals surface area (Å²) in [6, 6.07) is 3.72. The molecule has 1 N–H and O–H groups in total. The van der Waals surface area contributed by atoms with Gasteiger partial charge in [-0.05, 0) is 19.1 Å². The zero-order valence-electron chi connectivity index (χ0n) is 9.70. The zero-order valence-corrected chi connectivity index (χ0v) is 9.70. The maximum atomic E-state index is 4.35. The molecule has 0 unspecified atom stereocenters. The summed E-state index contributed by atoms with van der Waals surface area (Å²) in [5, 5.41) is 3.19. The summed E-state index contributed by atoms with van der Waals surface area (Å²) in [4.78, 5) is 21.0. The fourth-order valence-corrected chi connectivity index (χ4v) is 1.63. The van der Waals surface area contributed by atoms with Crippen molar-refractivity contribution < 1.29 is 0 Å². The van der Waals surface area contributed by atoms with E-state index in [0.29, 0.717) is 22.8 Å². The molecule has 0 spiro atoms. The van der Waals surface area contributed by atoms with Gasteiger partial charge in [0.25, 0.3) is 0 Å².